The number of aromatic nitrogens is 3. The second-order valence-electron chi connectivity index (χ2n) is 3.86. The molecule has 15 heavy (non-hydrogen) atoms. The highest BCUT2D eigenvalue weighted by Crippen LogP contribution is 2.37. The molecule has 1 aliphatic rings. The van der Waals surface area contributed by atoms with Crippen molar-refractivity contribution in [2.75, 3.05) is 5.73 Å². The molecule has 2 N–H and O–H groups in total. The first-order valence-corrected chi connectivity index (χ1v) is 5.09. The van der Waals surface area contributed by atoms with Crippen LogP contribution in [-0.2, 0) is 0 Å². The van der Waals surface area contributed by atoms with E-state index in [4.69, 9.17) is 5.73 Å². The SMILES string of the molecule is Nc1cc(-c2nccn2C2CC2)ccn1. The van der Waals surface area contributed by atoms with Gasteiger partial charge in [-0.3, -0.25) is 0 Å². The highest BCUT2D eigenvalue weighted by molar-refractivity contribution is 5.59. The Labute approximate surface area is 87.8 Å². The first kappa shape index (κ1) is 8.47. The Morgan fingerprint density at radius 3 is 2.87 bits per heavy atom. The van der Waals surface area contributed by atoms with Crippen molar-refractivity contribution in [1.29, 1.82) is 0 Å². The summed E-state index contributed by atoms with van der Waals surface area (Å²) >= 11 is 0. The number of pyridine rings is 1. The second kappa shape index (κ2) is 3.08. The van der Waals surface area contributed by atoms with Crippen LogP contribution in [0, 0.1) is 0 Å². The average molecular weight is 200 g/mol. The minimum Gasteiger partial charge on any atom is -0.384 e. The standard InChI is InChI=1S/C11H12N4/c12-10-7-8(3-4-13-10)11-14-5-6-15(11)9-1-2-9/h3-7,9H,1-2H2,(H2,12,13). The minimum atomic E-state index is 0.540. The number of hydrogen-bond donors (Lipinski definition) is 1. The molecule has 76 valence electrons. The Hall–Kier alpha value is -1.84. The number of nitrogens with zero attached hydrogens (tertiary/aromatic N) is 3. The molecule has 1 fully saturated rings. The molecular formula is C11H12N4. The fourth-order valence-corrected chi connectivity index (χ4v) is 1.77. The predicted octanol–water partition coefficient (Wildman–Crippen LogP) is 1.86. The molecule has 3 rings (SSSR count). The zero-order valence-corrected chi connectivity index (χ0v) is 8.30. The zero-order valence-electron chi connectivity index (χ0n) is 8.30. The first-order valence-electron chi connectivity index (χ1n) is 5.09. The summed E-state index contributed by atoms with van der Waals surface area (Å²) in [5, 5.41) is 0. The van der Waals surface area contributed by atoms with Gasteiger partial charge in [0.25, 0.3) is 0 Å². The van der Waals surface area contributed by atoms with Crippen LogP contribution >= 0.6 is 0 Å². The van der Waals surface area contributed by atoms with Gasteiger partial charge in [-0.2, -0.15) is 0 Å². The molecule has 2 heterocycles. The molecule has 4 nitrogen and oxygen atoms in total. The fourth-order valence-electron chi connectivity index (χ4n) is 1.77. The molecular weight excluding hydrogens is 188 g/mol. The van der Waals surface area contributed by atoms with E-state index in [-0.39, 0.29) is 0 Å². The number of nitrogens with two attached hydrogens (primary N) is 1. The Balaban J connectivity index is 2.07. The normalized spacial score (nSPS) is 15.5. The molecule has 2 aromatic rings. The molecule has 1 aliphatic carbocycles. The highest BCUT2D eigenvalue weighted by Gasteiger charge is 2.25. The lowest BCUT2D eigenvalue weighted by Gasteiger charge is -2.05. The van der Waals surface area contributed by atoms with E-state index in [1.54, 1.807) is 6.20 Å². The van der Waals surface area contributed by atoms with Crippen LogP contribution in [0.4, 0.5) is 5.82 Å². The van der Waals surface area contributed by atoms with Gasteiger partial charge in [0, 0.05) is 30.2 Å². The fraction of sp³-hybridized carbons (Fsp3) is 0.273. The molecule has 0 bridgehead atoms. The highest BCUT2D eigenvalue weighted by atomic mass is 15.1. The summed E-state index contributed by atoms with van der Waals surface area (Å²) in [6.07, 6.45) is 8.10. The number of rotatable bonds is 2. The van der Waals surface area contributed by atoms with Crippen molar-refractivity contribution in [3.05, 3.63) is 30.7 Å². The maximum Gasteiger partial charge on any atom is 0.140 e. The number of imidazole rings is 1. The lowest BCUT2D eigenvalue weighted by atomic mass is 10.2. The van der Waals surface area contributed by atoms with Gasteiger partial charge in [0.05, 0.1) is 0 Å². The molecule has 1 saturated carbocycles. The van der Waals surface area contributed by atoms with Crippen LogP contribution in [0.1, 0.15) is 18.9 Å². The summed E-state index contributed by atoms with van der Waals surface area (Å²) < 4.78 is 2.22. The van der Waals surface area contributed by atoms with Crippen molar-refractivity contribution in [2.45, 2.75) is 18.9 Å². The smallest absolute Gasteiger partial charge is 0.140 e. The van der Waals surface area contributed by atoms with E-state index in [1.807, 2.05) is 24.5 Å². The third kappa shape index (κ3) is 1.48. The monoisotopic (exact) mass is 200 g/mol. The van der Waals surface area contributed by atoms with Crippen LogP contribution < -0.4 is 5.73 Å². The predicted molar refractivity (Wildman–Crippen MR) is 58.1 cm³/mol. The van der Waals surface area contributed by atoms with Gasteiger partial charge in [0.2, 0.25) is 0 Å². The van der Waals surface area contributed by atoms with Gasteiger partial charge in [-0.15, -0.1) is 0 Å². The Bertz CT molecular complexity index is 485. The van der Waals surface area contributed by atoms with Gasteiger partial charge in [0.1, 0.15) is 11.6 Å². The van der Waals surface area contributed by atoms with Crippen molar-refractivity contribution in [2.24, 2.45) is 0 Å². The van der Waals surface area contributed by atoms with Gasteiger partial charge < -0.3 is 10.3 Å². The Morgan fingerprint density at radius 2 is 2.13 bits per heavy atom. The zero-order chi connectivity index (χ0) is 10.3. The van der Waals surface area contributed by atoms with Crippen LogP contribution in [0.3, 0.4) is 0 Å². The van der Waals surface area contributed by atoms with E-state index < -0.39 is 0 Å². The third-order valence-corrected chi connectivity index (χ3v) is 2.65. The van der Waals surface area contributed by atoms with Crippen LogP contribution in [0.15, 0.2) is 30.7 Å². The summed E-state index contributed by atoms with van der Waals surface area (Å²) in [7, 11) is 0. The van der Waals surface area contributed by atoms with E-state index in [9.17, 15) is 0 Å². The van der Waals surface area contributed by atoms with Crippen molar-refractivity contribution in [1.82, 2.24) is 14.5 Å². The summed E-state index contributed by atoms with van der Waals surface area (Å²) in [6.45, 7) is 0. The van der Waals surface area contributed by atoms with Crippen molar-refractivity contribution >= 4 is 5.82 Å². The topological polar surface area (TPSA) is 56.7 Å². The van der Waals surface area contributed by atoms with Gasteiger partial charge in [-0.1, -0.05) is 0 Å². The molecule has 0 unspecified atom stereocenters. The van der Waals surface area contributed by atoms with Gasteiger partial charge in [-0.25, -0.2) is 9.97 Å². The van der Waals surface area contributed by atoms with Crippen LogP contribution in [0.2, 0.25) is 0 Å². The first-order chi connectivity index (χ1) is 7.34. The van der Waals surface area contributed by atoms with Gasteiger partial charge in [-0.05, 0) is 25.0 Å². The van der Waals surface area contributed by atoms with Crippen molar-refractivity contribution in [3.63, 3.8) is 0 Å². The van der Waals surface area contributed by atoms with E-state index in [0.29, 0.717) is 11.9 Å². The van der Waals surface area contributed by atoms with Gasteiger partial charge in [0.15, 0.2) is 0 Å². The van der Waals surface area contributed by atoms with E-state index in [2.05, 4.69) is 14.5 Å². The number of nitrogen functional groups attached to an aromatic ring is 1. The van der Waals surface area contributed by atoms with E-state index in [0.717, 1.165) is 11.4 Å². The number of hydrogen-bond acceptors (Lipinski definition) is 3. The summed E-state index contributed by atoms with van der Waals surface area (Å²) in [5.74, 6) is 1.53. The Morgan fingerprint density at radius 1 is 1.27 bits per heavy atom. The molecule has 0 aromatic carbocycles. The van der Waals surface area contributed by atoms with Crippen molar-refractivity contribution < 1.29 is 0 Å². The van der Waals surface area contributed by atoms with Crippen LogP contribution in [0.25, 0.3) is 11.4 Å². The summed E-state index contributed by atoms with van der Waals surface area (Å²) in [6, 6.07) is 4.44. The van der Waals surface area contributed by atoms with Crippen molar-refractivity contribution in [3.8, 4) is 11.4 Å². The quantitative estimate of drug-likeness (QED) is 0.805. The minimum absolute atomic E-state index is 0.540. The molecule has 0 amide bonds. The summed E-state index contributed by atoms with van der Waals surface area (Å²) in [5.41, 5.74) is 6.70. The molecule has 4 heteroatoms. The van der Waals surface area contributed by atoms with Crippen LogP contribution in [0.5, 0.6) is 0 Å². The lowest BCUT2D eigenvalue weighted by Crippen LogP contribution is -1.97. The maximum absolute atomic E-state index is 5.66. The van der Waals surface area contributed by atoms with E-state index >= 15 is 0 Å². The average Bonchev–Trinajstić information content (AvgIpc) is 2.96. The van der Waals surface area contributed by atoms with Gasteiger partial charge >= 0.3 is 0 Å². The Kier molecular flexibility index (Phi) is 1.74. The molecule has 0 saturated heterocycles. The van der Waals surface area contributed by atoms with Crippen LogP contribution in [-0.4, -0.2) is 14.5 Å². The maximum atomic E-state index is 5.66. The molecule has 2 aromatic heterocycles. The molecule has 0 aliphatic heterocycles. The third-order valence-electron chi connectivity index (χ3n) is 2.65. The number of anilines is 1. The lowest BCUT2D eigenvalue weighted by molar-refractivity contribution is 0.750. The largest absolute Gasteiger partial charge is 0.384 e. The molecule has 0 atom stereocenters. The second-order valence-corrected chi connectivity index (χ2v) is 3.86. The molecule has 0 spiro atoms. The summed E-state index contributed by atoms with van der Waals surface area (Å²) in [4.78, 5) is 8.35. The molecule has 0 radical (unpaired) electrons. The van der Waals surface area contributed by atoms with E-state index in [1.165, 1.54) is 12.8 Å².